The number of Topliss-reactive ketones (excluding diaryl/α,β-unsaturated/α-hetero) is 1. The van der Waals surface area contributed by atoms with Gasteiger partial charge in [0, 0.05) is 18.5 Å². The molecule has 0 saturated heterocycles. The molecule has 0 heterocycles. The van der Waals surface area contributed by atoms with Crippen LogP contribution in [0, 0.1) is 5.92 Å². The highest BCUT2D eigenvalue weighted by Gasteiger charge is 2.27. The highest BCUT2D eigenvalue weighted by molar-refractivity contribution is 5.91. The van der Waals surface area contributed by atoms with Gasteiger partial charge < -0.3 is 21.7 Å². The molecule has 0 aliphatic heterocycles. The molecule has 156 valence electrons. The van der Waals surface area contributed by atoms with Crippen molar-refractivity contribution in [3.8, 4) is 0 Å². The van der Waals surface area contributed by atoms with Gasteiger partial charge in [0.05, 0.1) is 12.1 Å². The lowest BCUT2D eigenvalue weighted by molar-refractivity contribution is -0.130. The predicted molar refractivity (Wildman–Crippen MR) is 111 cm³/mol. The number of benzene rings is 1. The second kappa shape index (κ2) is 12.1. The minimum atomic E-state index is -0.597. The van der Waals surface area contributed by atoms with Gasteiger partial charge in [0.25, 0.3) is 0 Å². The molecule has 0 aromatic heterocycles. The van der Waals surface area contributed by atoms with E-state index in [1.807, 2.05) is 58.0 Å². The van der Waals surface area contributed by atoms with E-state index in [1.165, 1.54) is 0 Å². The van der Waals surface area contributed by atoms with Crippen LogP contribution in [-0.4, -0.2) is 42.4 Å². The molecule has 0 aliphatic carbocycles. The lowest BCUT2D eigenvalue weighted by Crippen LogP contribution is -2.53. The van der Waals surface area contributed by atoms with Crippen LogP contribution >= 0.6 is 0 Å². The van der Waals surface area contributed by atoms with Crippen molar-refractivity contribution in [2.75, 3.05) is 6.54 Å². The number of hydrogen-bond acceptors (Lipinski definition) is 4. The number of amides is 3. The number of nitrogens with one attached hydrogen (secondary N) is 3. The molecule has 7 nitrogen and oxygen atoms in total. The highest BCUT2D eigenvalue weighted by Crippen LogP contribution is 2.09. The number of primary amides is 1. The summed E-state index contributed by atoms with van der Waals surface area (Å²) in [4.78, 5) is 36.3. The van der Waals surface area contributed by atoms with E-state index in [0.717, 1.165) is 5.56 Å². The van der Waals surface area contributed by atoms with Crippen molar-refractivity contribution in [2.24, 2.45) is 11.7 Å². The van der Waals surface area contributed by atoms with Gasteiger partial charge in [-0.05, 0) is 24.8 Å². The fraction of sp³-hybridized carbons (Fsp3) is 0.571. The van der Waals surface area contributed by atoms with Gasteiger partial charge in [0.2, 0.25) is 5.91 Å². The topological polar surface area (TPSA) is 113 Å². The first-order valence-corrected chi connectivity index (χ1v) is 9.88. The maximum absolute atomic E-state index is 12.9. The monoisotopic (exact) mass is 390 g/mol. The number of hydrogen-bond donors (Lipinski definition) is 4. The molecule has 3 amide bonds. The van der Waals surface area contributed by atoms with E-state index in [9.17, 15) is 14.4 Å². The Kier molecular flexibility index (Phi) is 10.2. The van der Waals surface area contributed by atoms with Crippen molar-refractivity contribution in [1.29, 1.82) is 0 Å². The summed E-state index contributed by atoms with van der Waals surface area (Å²) in [6.45, 7) is 7.97. The van der Waals surface area contributed by atoms with E-state index in [0.29, 0.717) is 25.8 Å². The zero-order chi connectivity index (χ0) is 21.1. The van der Waals surface area contributed by atoms with Gasteiger partial charge in [0.1, 0.15) is 0 Å². The van der Waals surface area contributed by atoms with E-state index in [1.54, 1.807) is 0 Å². The van der Waals surface area contributed by atoms with E-state index < -0.39 is 18.1 Å². The number of carbonyl (C=O) groups is 3. The van der Waals surface area contributed by atoms with Gasteiger partial charge >= 0.3 is 6.03 Å². The number of carbonyl (C=O) groups excluding carboxylic acids is 3. The molecule has 1 aromatic rings. The molecule has 1 aromatic carbocycles. The number of nitrogens with two attached hydrogens (primary N) is 1. The van der Waals surface area contributed by atoms with Crippen molar-refractivity contribution in [3.63, 3.8) is 0 Å². The van der Waals surface area contributed by atoms with Crippen LogP contribution in [-0.2, 0) is 16.0 Å². The predicted octanol–water partition coefficient (Wildman–Crippen LogP) is 1.75. The molecular weight excluding hydrogens is 356 g/mol. The molecule has 2 atom stereocenters. The van der Waals surface area contributed by atoms with E-state index >= 15 is 0 Å². The third kappa shape index (κ3) is 8.99. The third-order valence-corrected chi connectivity index (χ3v) is 4.33. The molecular formula is C21H34N4O3. The second-order valence-electron chi connectivity index (χ2n) is 7.62. The van der Waals surface area contributed by atoms with Gasteiger partial charge in [-0.2, -0.15) is 0 Å². The first kappa shape index (κ1) is 23.6. The summed E-state index contributed by atoms with van der Waals surface area (Å²) in [5.74, 6) is -0.408. The Balaban J connectivity index is 2.81. The van der Waals surface area contributed by atoms with Crippen LogP contribution in [0.2, 0.25) is 0 Å². The highest BCUT2D eigenvalue weighted by atomic mass is 16.2. The van der Waals surface area contributed by atoms with E-state index in [-0.39, 0.29) is 23.7 Å². The molecule has 0 radical (unpaired) electrons. The minimum absolute atomic E-state index is 0.0181. The summed E-state index contributed by atoms with van der Waals surface area (Å²) in [6, 6.07) is 8.28. The average Bonchev–Trinajstić information content (AvgIpc) is 2.63. The standard InChI is InChI=1S/C21H34N4O3/c1-14(2)19(26)17(11-8-12-23-21(22)28)25-20(27)18(24-15(3)4)13-16-9-6-5-7-10-16/h5-7,9-10,14-15,17-18,24H,8,11-13H2,1-4H3,(H,25,27)(H3,22,23,28). The minimum Gasteiger partial charge on any atom is -0.352 e. The van der Waals surface area contributed by atoms with Crippen LogP contribution < -0.4 is 21.7 Å². The molecule has 0 fully saturated rings. The van der Waals surface area contributed by atoms with E-state index in [4.69, 9.17) is 5.73 Å². The first-order valence-electron chi connectivity index (χ1n) is 9.88. The third-order valence-electron chi connectivity index (χ3n) is 4.33. The SMILES string of the molecule is CC(C)NC(Cc1ccccc1)C(=O)NC(CCCNC(N)=O)C(=O)C(C)C. The summed E-state index contributed by atoms with van der Waals surface area (Å²) >= 11 is 0. The Morgan fingerprint density at radius 2 is 1.64 bits per heavy atom. The molecule has 7 heteroatoms. The smallest absolute Gasteiger partial charge is 0.312 e. The molecule has 0 spiro atoms. The average molecular weight is 391 g/mol. The van der Waals surface area contributed by atoms with Crippen LogP contribution in [0.4, 0.5) is 4.79 Å². The van der Waals surface area contributed by atoms with Crippen LogP contribution in [0.15, 0.2) is 30.3 Å². The Morgan fingerprint density at radius 1 is 1.00 bits per heavy atom. The Morgan fingerprint density at radius 3 is 2.18 bits per heavy atom. The summed E-state index contributed by atoms with van der Waals surface area (Å²) < 4.78 is 0. The fourth-order valence-electron chi connectivity index (χ4n) is 2.96. The maximum atomic E-state index is 12.9. The van der Waals surface area contributed by atoms with Crippen molar-refractivity contribution >= 4 is 17.7 Å². The maximum Gasteiger partial charge on any atom is 0.312 e. The van der Waals surface area contributed by atoms with Crippen molar-refractivity contribution in [3.05, 3.63) is 35.9 Å². The van der Waals surface area contributed by atoms with Crippen LogP contribution in [0.5, 0.6) is 0 Å². The molecule has 0 saturated carbocycles. The fourth-order valence-corrected chi connectivity index (χ4v) is 2.96. The Bertz CT molecular complexity index is 632. The number of urea groups is 1. The summed E-state index contributed by atoms with van der Waals surface area (Å²) in [7, 11) is 0. The van der Waals surface area contributed by atoms with Gasteiger partial charge in [-0.15, -0.1) is 0 Å². The van der Waals surface area contributed by atoms with Gasteiger partial charge in [-0.1, -0.05) is 58.0 Å². The number of ketones is 1. The van der Waals surface area contributed by atoms with Crippen molar-refractivity contribution in [2.45, 2.75) is 65.1 Å². The summed E-state index contributed by atoms with van der Waals surface area (Å²) in [5.41, 5.74) is 6.11. The van der Waals surface area contributed by atoms with Crippen molar-refractivity contribution in [1.82, 2.24) is 16.0 Å². The van der Waals surface area contributed by atoms with Gasteiger partial charge in [-0.25, -0.2) is 4.79 Å². The lowest BCUT2D eigenvalue weighted by atomic mass is 9.96. The molecule has 0 aliphatic rings. The Hall–Kier alpha value is -2.41. The van der Waals surface area contributed by atoms with Crippen LogP contribution in [0.1, 0.15) is 46.1 Å². The van der Waals surface area contributed by atoms with E-state index in [2.05, 4.69) is 16.0 Å². The molecule has 1 rings (SSSR count). The quantitative estimate of drug-likeness (QED) is 0.407. The summed E-state index contributed by atoms with van der Waals surface area (Å²) in [5, 5.41) is 8.71. The molecule has 2 unspecified atom stereocenters. The molecule has 28 heavy (non-hydrogen) atoms. The van der Waals surface area contributed by atoms with Gasteiger partial charge in [-0.3, -0.25) is 9.59 Å². The largest absolute Gasteiger partial charge is 0.352 e. The molecule has 0 bridgehead atoms. The van der Waals surface area contributed by atoms with Crippen LogP contribution in [0.25, 0.3) is 0 Å². The summed E-state index contributed by atoms with van der Waals surface area (Å²) in [6.07, 6.45) is 1.53. The zero-order valence-corrected chi connectivity index (χ0v) is 17.3. The lowest BCUT2D eigenvalue weighted by Gasteiger charge is -2.25. The van der Waals surface area contributed by atoms with Crippen LogP contribution in [0.3, 0.4) is 0 Å². The second-order valence-corrected chi connectivity index (χ2v) is 7.62. The first-order chi connectivity index (χ1) is 13.2. The Labute approximate surface area is 167 Å². The van der Waals surface area contributed by atoms with Crippen molar-refractivity contribution < 1.29 is 14.4 Å². The zero-order valence-electron chi connectivity index (χ0n) is 17.3. The normalized spacial score (nSPS) is 13.2. The molecule has 5 N–H and O–H groups in total. The van der Waals surface area contributed by atoms with Gasteiger partial charge in [0.15, 0.2) is 5.78 Å². The number of rotatable bonds is 12.